The largest absolute Gasteiger partial charge is 0.327 e. The van der Waals surface area contributed by atoms with Gasteiger partial charge in [-0.3, -0.25) is 4.90 Å². The number of likely N-dealkylation sites (tertiary alicyclic amines) is 1. The predicted molar refractivity (Wildman–Crippen MR) is 63.8 cm³/mol. The molecular weight excluding hydrogens is 200 g/mol. The minimum Gasteiger partial charge on any atom is -0.327 e. The third-order valence-electron chi connectivity index (χ3n) is 3.28. The van der Waals surface area contributed by atoms with E-state index in [4.69, 9.17) is 5.73 Å². The summed E-state index contributed by atoms with van der Waals surface area (Å²) in [7, 11) is 0. The fraction of sp³-hybridized carbons (Fsp3) is 0.667. The van der Waals surface area contributed by atoms with Gasteiger partial charge in [0.15, 0.2) is 0 Å². The third kappa shape index (κ3) is 2.77. The Morgan fingerprint density at radius 2 is 2.38 bits per heavy atom. The molecule has 0 aromatic carbocycles. The highest BCUT2D eigenvalue weighted by atomic mass is 15.1. The Morgan fingerprint density at radius 3 is 3.06 bits per heavy atom. The lowest BCUT2D eigenvalue weighted by Crippen LogP contribution is -2.45. The zero-order valence-corrected chi connectivity index (χ0v) is 10.1. The maximum atomic E-state index is 6.01. The van der Waals surface area contributed by atoms with Gasteiger partial charge in [0.1, 0.15) is 5.82 Å². The van der Waals surface area contributed by atoms with Crippen LogP contribution in [0, 0.1) is 12.8 Å². The zero-order valence-electron chi connectivity index (χ0n) is 10.1. The first kappa shape index (κ1) is 11.5. The molecular formula is C12H20N4. The lowest BCUT2D eigenvalue weighted by Gasteiger charge is -2.34. The number of hydrogen-bond acceptors (Lipinski definition) is 4. The lowest BCUT2D eigenvalue weighted by atomic mass is 9.95. The van der Waals surface area contributed by atoms with Gasteiger partial charge in [0.2, 0.25) is 0 Å². The quantitative estimate of drug-likeness (QED) is 0.806. The van der Waals surface area contributed by atoms with Crippen LogP contribution in [0.2, 0.25) is 0 Å². The van der Waals surface area contributed by atoms with Crippen LogP contribution < -0.4 is 5.73 Å². The van der Waals surface area contributed by atoms with Crippen molar-refractivity contribution in [3.05, 3.63) is 23.8 Å². The van der Waals surface area contributed by atoms with Gasteiger partial charge >= 0.3 is 0 Å². The Labute approximate surface area is 96.9 Å². The van der Waals surface area contributed by atoms with Gasteiger partial charge in [0.05, 0.1) is 5.69 Å². The van der Waals surface area contributed by atoms with Crippen LogP contribution in [0.5, 0.6) is 0 Å². The van der Waals surface area contributed by atoms with E-state index < -0.39 is 0 Å². The maximum Gasteiger partial charge on any atom is 0.125 e. The molecule has 1 aliphatic heterocycles. The van der Waals surface area contributed by atoms with Gasteiger partial charge in [-0.05, 0) is 25.3 Å². The first-order valence-electron chi connectivity index (χ1n) is 5.91. The van der Waals surface area contributed by atoms with E-state index in [1.165, 1.54) is 0 Å². The fourth-order valence-electron chi connectivity index (χ4n) is 2.22. The molecule has 0 saturated carbocycles. The molecule has 2 heterocycles. The van der Waals surface area contributed by atoms with E-state index >= 15 is 0 Å². The van der Waals surface area contributed by atoms with Crippen molar-refractivity contribution < 1.29 is 0 Å². The van der Waals surface area contributed by atoms with E-state index in [1.54, 1.807) is 0 Å². The van der Waals surface area contributed by atoms with Crippen molar-refractivity contribution in [3.8, 4) is 0 Å². The molecule has 4 nitrogen and oxygen atoms in total. The van der Waals surface area contributed by atoms with Gasteiger partial charge in [-0.25, -0.2) is 9.97 Å². The van der Waals surface area contributed by atoms with Crippen LogP contribution in [0.25, 0.3) is 0 Å². The van der Waals surface area contributed by atoms with Crippen LogP contribution in [0.15, 0.2) is 12.3 Å². The monoisotopic (exact) mass is 220 g/mol. The Balaban J connectivity index is 1.95. The van der Waals surface area contributed by atoms with Crippen molar-refractivity contribution in [2.75, 3.05) is 13.1 Å². The summed E-state index contributed by atoms with van der Waals surface area (Å²) in [6.07, 6.45) is 2.92. The summed E-state index contributed by atoms with van der Waals surface area (Å²) >= 11 is 0. The van der Waals surface area contributed by atoms with E-state index in [9.17, 15) is 0 Å². The molecule has 0 radical (unpaired) electrons. The van der Waals surface area contributed by atoms with Gasteiger partial charge in [-0.15, -0.1) is 0 Å². The van der Waals surface area contributed by atoms with Crippen LogP contribution in [0.3, 0.4) is 0 Å². The van der Waals surface area contributed by atoms with Crippen LogP contribution in [-0.2, 0) is 6.54 Å². The average Bonchev–Trinajstić information content (AvgIpc) is 2.24. The molecule has 1 aliphatic rings. The van der Waals surface area contributed by atoms with Crippen LogP contribution >= 0.6 is 0 Å². The number of piperidine rings is 1. The second-order valence-electron chi connectivity index (χ2n) is 4.76. The van der Waals surface area contributed by atoms with Crippen molar-refractivity contribution in [2.45, 2.75) is 32.9 Å². The van der Waals surface area contributed by atoms with Crippen LogP contribution in [0.1, 0.15) is 24.9 Å². The molecule has 1 fully saturated rings. The smallest absolute Gasteiger partial charge is 0.125 e. The third-order valence-corrected chi connectivity index (χ3v) is 3.28. The van der Waals surface area contributed by atoms with Crippen molar-refractivity contribution >= 4 is 0 Å². The summed E-state index contributed by atoms with van der Waals surface area (Å²) in [6, 6.07) is 2.36. The van der Waals surface area contributed by atoms with Gasteiger partial charge in [0.25, 0.3) is 0 Å². The molecule has 0 bridgehead atoms. The minimum absolute atomic E-state index is 0.364. The van der Waals surface area contributed by atoms with Crippen molar-refractivity contribution in [1.29, 1.82) is 0 Å². The van der Waals surface area contributed by atoms with E-state index in [0.717, 1.165) is 37.6 Å². The normalized spacial score (nSPS) is 26.9. The second-order valence-corrected chi connectivity index (χ2v) is 4.76. The molecule has 2 unspecified atom stereocenters. The maximum absolute atomic E-state index is 6.01. The summed E-state index contributed by atoms with van der Waals surface area (Å²) < 4.78 is 0. The van der Waals surface area contributed by atoms with E-state index in [2.05, 4.69) is 21.8 Å². The average molecular weight is 220 g/mol. The van der Waals surface area contributed by atoms with Crippen LogP contribution in [-0.4, -0.2) is 34.0 Å². The molecule has 1 aromatic rings. The van der Waals surface area contributed by atoms with E-state index in [0.29, 0.717) is 12.0 Å². The SMILES string of the molecule is Cc1nccc(CN2CCC(N)C(C)C2)n1. The molecule has 2 N–H and O–H groups in total. The molecule has 0 aliphatic carbocycles. The topological polar surface area (TPSA) is 55.0 Å². The Hall–Kier alpha value is -1.00. The molecule has 16 heavy (non-hydrogen) atoms. The highest BCUT2D eigenvalue weighted by molar-refractivity contribution is 5.01. The number of aryl methyl sites for hydroxylation is 1. The molecule has 4 heteroatoms. The molecule has 0 spiro atoms. The number of hydrogen-bond donors (Lipinski definition) is 1. The first-order chi connectivity index (χ1) is 7.65. The summed E-state index contributed by atoms with van der Waals surface area (Å²) in [6.45, 7) is 7.22. The highest BCUT2D eigenvalue weighted by Gasteiger charge is 2.23. The minimum atomic E-state index is 0.364. The van der Waals surface area contributed by atoms with Crippen molar-refractivity contribution in [2.24, 2.45) is 11.7 Å². The molecule has 0 amide bonds. The molecule has 88 valence electrons. The number of nitrogens with two attached hydrogens (primary N) is 1. The Morgan fingerprint density at radius 1 is 1.56 bits per heavy atom. The van der Waals surface area contributed by atoms with Crippen molar-refractivity contribution in [3.63, 3.8) is 0 Å². The second kappa shape index (κ2) is 4.89. The van der Waals surface area contributed by atoms with Gasteiger partial charge < -0.3 is 5.73 Å². The molecule has 1 aromatic heterocycles. The predicted octanol–water partition coefficient (Wildman–Crippen LogP) is 0.954. The number of aromatic nitrogens is 2. The summed E-state index contributed by atoms with van der Waals surface area (Å²) in [5.41, 5.74) is 7.11. The lowest BCUT2D eigenvalue weighted by molar-refractivity contribution is 0.156. The number of rotatable bonds is 2. The van der Waals surface area contributed by atoms with Gasteiger partial charge in [-0.2, -0.15) is 0 Å². The van der Waals surface area contributed by atoms with E-state index in [1.807, 2.05) is 19.2 Å². The van der Waals surface area contributed by atoms with Crippen molar-refractivity contribution in [1.82, 2.24) is 14.9 Å². The number of nitrogens with zero attached hydrogens (tertiary/aromatic N) is 3. The summed E-state index contributed by atoms with van der Waals surface area (Å²) in [5, 5.41) is 0. The van der Waals surface area contributed by atoms with E-state index in [-0.39, 0.29) is 0 Å². The zero-order chi connectivity index (χ0) is 11.5. The molecule has 2 atom stereocenters. The standard InChI is InChI=1S/C12H20N4/c1-9-7-16(6-4-12(9)13)8-11-3-5-14-10(2)15-11/h3,5,9,12H,4,6-8,13H2,1-2H3. The molecule has 2 rings (SSSR count). The molecule has 1 saturated heterocycles. The summed E-state index contributed by atoms with van der Waals surface area (Å²) in [5.74, 6) is 1.43. The van der Waals surface area contributed by atoms with Gasteiger partial charge in [-0.1, -0.05) is 6.92 Å². The summed E-state index contributed by atoms with van der Waals surface area (Å²) in [4.78, 5) is 11.0. The fourth-order valence-corrected chi connectivity index (χ4v) is 2.22. The highest BCUT2D eigenvalue weighted by Crippen LogP contribution is 2.16. The Kier molecular flexibility index (Phi) is 3.51. The first-order valence-corrected chi connectivity index (χ1v) is 5.91. The van der Waals surface area contributed by atoms with Gasteiger partial charge in [0, 0.05) is 31.9 Å². The van der Waals surface area contributed by atoms with Crippen LogP contribution in [0.4, 0.5) is 0 Å². The Bertz CT molecular complexity index is 353.